The molecule has 1 saturated heterocycles. The first-order chi connectivity index (χ1) is 13.6. The fourth-order valence-electron chi connectivity index (χ4n) is 3.15. The molecule has 3 rings (SSSR count). The summed E-state index contributed by atoms with van der Waals surface area (Å²) in [4.78, 5) is 30.0. The highest BCUT2D eigenvalue weighted by Gasteiger charge is 2.30. The molecule has 0 aliphatic carbocycles. The summed E-state index contributed by atoms with van der Waals surface area (Å²) in [5.41, 5.74) is 2.57. The van der Waals surface area contributed by atoms with Crippen LogP contribution in [0.1, 0.15) is 22.3 Å². The van der Waals surface area contributed by atoms with E-state index in [2.05, 4.69) is 20.9 Å². The van der Waals surface area contributed by atoms with Crippen LogP contribution >= 0.6 is 24.0 Å². The van der Waals surface area contributed by atoms with Crippen molar-refractivity contribution in [2.45, 2.75) is 19.0 Å². The van der Waals surface area contributed by atoms with Crippen LogP contribution in [-0.4, -0.2) is 44.5 Å². The van der Waals surface area contributed by atoms with Crippen LogP contribution in [0.15, 0.2) is 59.6 Å². The van der Waals surface area contributed by atoms with E-state index < -0.39 is 0 Å². The number of rotatable bonds is 5. The lowest BCUT2D eigenvalue weighted by molar-refractivity contribution is -0.117. The lowest BCUT2D eigenvalue weighted by Crippen LogP contribution is -2.44. The van der Waals surface area contributed by atoms with Crippen LogP contribution in [0.25, 0.3) is 0 Å². The molecule has 8 heteroatoms. The third-order valence-corrected chi connectivity index (χ3v) is 4.66. The lowest BCUT2D eigenvalue weighted by Gasteiger charge is -2.19. The van der Waals surface area contributed by atoms with Crippen LogP contribution < -0.4 is 20.9 Å². The van der Waals surface area contributed by atoms with Gasteiger partial charge in [-0.1, -0.05) is 30.3 Å². The van der Waals surface area contributed by atoms with Crippen molar-refractivity contribution < 1.29 is 9.59 Å². The molecule has 2 aromatic rings. The Balaban J connectivity index is 0.00000300. The van der Waals surface area contributed by atoms with Gasteiger partial charge in [-0.05, 0) is 29.8 Å². The van der Waals surface area contributed by atoms with Gasteiger partial charge < -0.3 is 20.9 Å². The summed E-state index contributed by atoms with van der Waals surface area (Å²) in [6.07, 6.45) is 0.427. The topological polar surface area (TPSA) is 85.8 Å². The SMILES string of the molecule is CN=C(NCc1ccc(C(=O)NC)cc1)NC1CC(=O)N(c2ccccc2)C1.I. The van der Waals surface area contributed by atoms with Gasteiger partial charge in [0.1, 0.15) is 0 Å². The summed E-state index contributed by atoms with van der Waals surface area (Å²) < 4.78 is 0. The number of anilines is 1. The molecule has 1 atom stereocenters. The van der Waals surface area contributed by atoms with Gasteiger partial charge in [0.05, 0.1) is 6.04 Å². The number of benzene rings is 2. The molecule has 3 N–H and O–H groups in total. The second-order valence-electron chi connectivity index (χ2n) is 6.59. The standard InChI is InChI=1S/C21H25N5O2.HI/c1-22-20(28)16-10-8-15(9-11-16)13-24-21(23-2)25-17-12-19(27)26(14-17)18-6-4-3-5-7-18;/h3-11,17H,12-14H2,1-2H3,(H,22,28)(H2,23,24,25);1H. The maximum absolute atomic E-state index is 12.3. The van der Waals surface area contributed by atoms with Crippen molar-refractivity contribution in [2.75, 3.05) is 25.5 Å². The number of para-hydroxylation sites is 1. The second kappa shape index (κ2) is 10.8. The first-order valence-corrected chi connectivity index (χ1v) is 9.24. The van der Waals surface area contributed by atoms with Crippen LogP contribution in [0.2, 0.25) is 0 Å². The van der Waals surface area contributed by atoms with Gasteiger partial charge in [0.25, 0.3) is 5.91 Å². The Bertz CT molecular complexity index is 855. The number of guanidine groups is 1. The molecule has 1 aliphatic rings. The summed E-state index contributed by atoms with van der Waals surface area (Å²) in [7, 11) is 3.32. The maximum Gasteiger partial charge on any atom is 0.251 e. The molecule has 0 aromatic heterocycles. The van der Waals surface area contributed by atoms with Gasteiger partial charge in [-0.3, -0.25) is 14.6 Å². The van der Waals surface area contributed by atoms with Gasteiger partial charge in [-0.2, -0.15) is 0 Å². The number of nitrogens with one attached hydrogen (secondary N) is 3. The highest BCUT2D eigenvalue weighted by Crippen LogP contribution is 2.20. The largest absolute Gasteiger partial charge is 0.355 e. The number of amides is 2. The second-order valence-corrected chi connectivity index (χ2v) is 6.59. The summed E-state index contributed by atoms with van der Waals surface area (Å²) in [5, 5.41) is 9.17. The summed E-state index contributed by atoms with van der Waals surface area (Å²) >= 11 is 0. The zero-order valence-electron chi connectivity index (χ0n) is 16.5. The molecule has 1 aliphatic heterocycles. The van der Waals surface area contributed by atoms with Crippen molar-refractivity contribution in [1.82, 2.24) is 16.0 Å². The maximum atomic E-state index is 12.3. The Morgan fingerprint density at radius 1 is 1.14 bits per heavy atom. The Kier molecular flexibility index (Phi) is 8.44. The molecule has 1 fully saturated rings. The predicted octanol–water partition coefficient (Wildman–Crippen LogP) is 2.13. The number of carbonyl (C=O) groups is 2. The first-order valence-electron chi connectivity index (χ1n) is 9.24. The van der Waals surface area contributed by atoms with E-state index in [0.717, 1.165) is 11.3 Å². The third kappa shape index (κ3) is 5.93. The van der Waals surface area contributed by atoms with Crippen LogP contribution in [0.5, 0.6) is 0 Å². The highest BCUT2D eigenvalue weighted by atomic mass is 127. The minimum absolute atomic E-state index is 0. The lowest BCUT2D eigenvalue weighted by atomic mass is 10.1. The Morgan fingerprint density at radius 3 is 2.45 bits per heavy atom. The third-order valence-electron chi connectivity index (χ3n) is 4.66. The molecule has 2 aromatic carbocycles. The molecule has 1 unspecified atom stereocenters. The number of aliphatic imine (C=N–C) groups is 1. The number of halogens is 1. The van der Waals surface area contributed by atoms with Crippen LogP contribution in [-0.2, 0) is 11.3 Å². The van der Waals surface area contributed by atoms with Gasteiger partial charge in [0, 0.05) is 44.9 Å². The quantitative estimate of drug-likeness (QED) is 0.329. The zero-order valence-corrected chi connectivity index (χ0v) is 18.8. The van der Waals surface area contributed by atoms with E-state index in [1.807, 2.05) is 42.5 Å². The molecule has 29 heavy (non-hydrogen) atoms. The van der Waals surface area contributed by atoms with E-state index in [4.69, 9.17) is 0 Å². The Labute approximate surface area is 188 Å². The van der Waals surface area contributed by atoms with Crippen molar-refractivity contribution in [2.24, 2.45) is 4.99 Å². The molecule has 1 heterocycles. The molecule has 154 valence electrons. The van der Waals surface area contributed by atoms with Crippen molar-refractivity contribution in [1.29, 1.82) is 0 Å². The van der Waals surface area contributed by atoms with Gasteiger partial charge in [-0.25, -0.2) is 0 Å². The first kappa shape index (κ1) is 22.7. The average Bonchev–Trinajstić information content (AvgIpc) is 3.11. The van der Waals surface area contributed by atoms with Gasteiger partial charge in [0.2, 0.25) is 5.91 Å². The fraction of sp³-hybridized carbons (Fsp3) is 0.286. The minimum atomic E-state index is -0.106. The van der Waals surface area contributed by atoms with E-state index in [1.54, 1.807) is 31.1 Å². The van der Waals surface area contributed by atoms with Crippen LogP contribution in [0, 0.1) is 0 Å². The van der Waals surface area contributed by atoms with E-state index >= 15 is 0 Å². The Morgan fingerprint density at radius 2 is 1.83 bits per heavy atom. The minimum Gasteiger partial charge on any atom is -0.355 e. The van der Waals surface area contributed by atoms with Crippen molar-refractivity contribution in [3.63, 3.8) is 0 Å². The molecule has 0 saturated carbocycles. The van der Waals surface area contributed by atoms with E-state index in [-0.39, 0.29) is 41.8 Å². The van der Waals surface area contributed by atoms with Gasteiger partial charge >= 0.3 is 0 Å². The van der Waals surface area contributed by atoms with E-state index in [9.17, 15) is 9.59 Å². The Hall–Kier alpha value is -2.62. The fourth-order valence-corrected chi connectivity index (χ4v) is 3.15. The van der Waals surface area contributed by atoms with Crippen molar-refractivity contribution in [3.05, 3.63) is 65.7 Å². The van der Waals surface area contributed by atoms with Crippen molar-refractivity contribution >= 4 is 47.4 Å². The van der Waals surface area contributed by atoms with Gasteiger partial charge in [0.15, 0.2) is 5.96 Å². The number of nitrogens with zero attached hydrogens (tertiary/aromatic N) is 2. The number of hydrogen-bond donors (Lipinski definition) is 3. The zero-order chi connectivity index (χ0) is 19.9. The highest BCUT2D eigenvalue weighted by molar-refractivity contribution is 14.0. The molecule has 0 radical (unpaired) electrons. The van der Waals surface area contributed by atoms with E-state index in [1.165, 1.54) is 0 Å². The van der Waals surface area contributed by atoms with Crippen LogP contribution in [0.3, 0.4) is 0 Å². The molecule has 2 amide bonds. The molecule has 0 spiro atoms. The van der Waals surface area contributed by atoms with Crippen LogP contribution in [0.4, 0.5) is 5.69 Å². The molecule has 7 nitrogen and oxygen atoms in total. The number of carbonyl (C=O) groups excluding carboxylic acids is 2. The van der Waals surface area contributed by atoms with E-state index in [0.29, 0.717) is 31.0 Å². The van der Waals surface area contributed by atoms with Gasteiger partial charge in [-0.15, -0.1) is 24.0 Å². The molecule has 0 bridgehead atoms. The predicted molar refractivity (Wildman–Crippen MR) is 126 cm³/mol. The summed E-state index contributed by atoms with van der Waals surface area (Å²) in [5.74, 6) is 0.637. The summed E-state index contributed by atoms with van der Waals surface area (Å²) in [6.45, 7) is 1.17. The average molecular weight is 507 g/mol. The smallest absolute Gasteiger partial charge is 0.251 e. The number of hydrogen-bond acceptors (Lipinski definition) is 3. The van der Waals surface area contributed by atoms with Crippen molar-refractivity contribution in [3.8, 4) is 0 Å². The molecular formula is C21H26IN5O2. The normalized spacial score (nSPS) is 16.2. The molecular weight excluding hydrogens is 481 g/mol. The monoisotopic (exact) mass is 507 g/mol. The summed E-state index contributed by atoms with van der Waals surface area (Å²) in [6, 6.07) is 17.1.